The minimum atomic E-state index is 0.154. The first-order valence-corrected chi connectivity index (χ1v) is 9.30. The summed E-state index contributed by atoms with van der Waals surface area (Å²) in [6.07, 6.45) is 5.77. The highest BCUT2D eigenvalue weighted by atomic mass is 16.3. The van der Waals surface area contributed by atoms with Gasteiger partial charge in [-0.3, -0.25) is 0 Å². The van der Waals surface area contributed by atoms with Crippen molar-refractivity contribution in [3.63, 3.8) is 0 Å². The molecule has 2 radical (unpaired) electrons. The van der Waals surface area contributed by atoms with Gasteiger partial charge in [-0.15, -0.1) is 0 Å². The summed E-state index contributed by atoms with van der Waals surface area (Å²) in [6, 6.07) is 16.9. The van der Waals surface area contributed by atoms with Crippen LogP contribution in [-0.4, -0.2) is 23.4 Å². The molecule has 2 aliphatic carbocycles. The predicted octanol–water partition coefficient (Wildman–Crippen LogP) is 4.43. The molecule has 2 N–H and O–H groups in total. The first-order valence-electron chi connectivity index (χ1n) is 9.30. The van der Waals surface area contributed by atoms with Gasteiger partial charge in [-0.05, 0) is 46.2 Å². The lowest BCUT2D eigenvalue weighted by Gasteiger charge is -2.21. The first kappa shape index (κ1) is 17.3. The molecule has 0 spiro atoms. The molecule has 2 aromatic carbocycles. The van der Waals surface area contributed by atoms with Gasteiger partial charge in [0.25, 0.3) is 0 Å². The number of benzene rings is 2. The van der Waals surface area contributed by atoms with Crippen LogP contribution in [0.4, 0.5) is 0 Å². The largest absolute Gasteiger partial charge is 0.396 e. The highest BCUT2D eigenvalue weighted by Crippen LogP contribution is 2.49. The van der Waals surface area contributed by atoms with Gasteiger partial charge in [0.05, 0.1) is 0 Å². The normalized spacial score (nSPS) is 15.8. The van der Waals surface area contributed by atoms with Crippen LogP contribution in [0.25, 0.3) is 11.1 Å². The standard InChI is InChI=1S/C24H24O2/c1-16(23-19(10-12-25)14-17-6-2-4-8-21(17)23)24-20(11-13-26)15-18-7-3-5-9-22(18)24/h2-9,14-16,25-26H,10-13H2,1H3. The molecule has 0 heterocycles. The molecule has 0 aliphatic heterocycles. The minimum absolute atomic E-state index is 0.154. The fourth-order valence-corrected chi connectivity index (χ4v) is 4.43. The van der Waals surface area contributed by atoms with Gasteiger partial charge in [0.2, 0.25) is 0 Å². The summed E-state index contributed by atoms with van der Waals surface area (Å²) in [4.78, 5) is 0. The highest BCUT2D eigenvalue weighted by molar-refractivity contribution is 5.93. The first-order chi connectivity index (χ1) is 12.7. The lowest BCUT2D eigenvalue weighted by atomic mass is 9.83. The van der Waals surface area contributed by atoms with E-state index in [9.17, 15) is 10.2 Å². The summed E-state index contributed by atoms with van der Waals surface area (Å²) in [5.41, 5.74) is 10.1. The zero-order chi connectivity index (χ0) is 18.1. The molecule has 0 unspecified atom stereocenters. The topological polar surface area (TPSA) is 40.5 Å². The predicted molar refractivity (Wildman–Crippen MR) is 106 cm³/mol. The van der Waals surface area contributed by atoms with Crippen molar-refractivity contribution in [2.24, 2.45) is 5.92 Å². The second kappa shape index (κ2) is 7.22. The zero-order valence-electron chi connectivity index (χ0n) is 15.1. The molecule has 0 aromatic heterocycles. The number of fused-ring (bicyclic) bond motifs is 2. The van der Waals surface area contributed by atoms with Gasteiger partial charge in [0.15, 0.2) is 0 Å². The summed E-state index contributed by atoms with van der Waals surface area (Å²) < 4.78 is 0. The second-order valence-electron chi connectivity index (χ2n) is 7.01. The summed E-state index contributed by atoms with van der Waals surface area (Å²) >= 11 is 0. The lowest BCUT2D eigenvalue weighted by molar-refractivity contribution is 0.300. The molecular formula is C24H24O2. The van der Waals surface area contributed by atoms with Crippen molar-refractivity contribution in [1.82, 2.24) is 0 Å². The van der Waals surface area contributed by atoms with Crippen molar-refractivity contribution in [3.05, 3.63) is 94.8 Å². The number of aliphatic hydroxyl groups excluding tert-OH is 2. The van der Waals surface area contributed by atoms with Crippen molar-refractivity contribution in [3.8, 4) is 0 Å². The number of rotatable bonds is 6. The molecule has 132 valence electrons. The molecule has 0 saturated heterocycles. The SMILES string of the molecule is CC(C1=C(CCO)[CH]c2ccccc21)C1=C(CCO)[CH]c2ccccc21. The van der Waals surface area contributed by atoms with Gasteiger partial charge in [-0.1, -0.05) is 66.6 Å². The van der Waals surface area contributed by atoms with Crippen LogP contribution < -0.4 is 0 Å². The van der Waals surface area contributed by atoms with Crippen molar-refractivity contribution in [2.75, 3.05) is 13.2 Å². The van der Waals surface area contributed by atoms with E-state index in [-0.39, 0.29) is 19.1 Å². The van der Waals surface area contributed by atoms with Crippen molar-refractivity contribution in [1.29, 1.82) is 0 Å². The third kappa shape index (κ3) is 2.84. The van der Waals surface area contributed by atoms with Gasteiger partial charge in [0, 0.05) is 32.0 Å². The molecule has 2 nitrogen and oxygen atoms in total. The summed E-state index contributed by atoms with van der Waals surface area (Å²) in [7, 11) is 0. The molecule has 0 bridgehead atoms. The monoisotopic (exact) mass is 344 g/mol. The molecule has 2 heteroatoms. The van der Waals surface area contributed by atoms with Crippen molar-refractivity contribution in [2.45, 2.75) is 19.8 Å². The Balaban J connectivity index is 1.83. The number of allylic oxidation sites excluding steroid dienone is 2. The lowest BCUT2D eigenvalue weighted by Crippen LogP contribution is -2.05. The maximum atomic E-state index is 9.56. The molecule has 26 heavy (non-hydrogen) atoms. The van der Waals surface area contributed by atoms with Gasteiger partial charge in [-0.2, -0.15) is 0 Å². The summed E-state index contributed by atoms with van der Waals surface area (Å²) in [5, 5.41) is 19.1. The van der Waals surface area contributed by atoms with E-state index in [0.717, 1.165) is 0 Å². The number of aliphatic hydroxyl groups is 2. The Bertz CT molecular complexity index is 815. The van der Waals surface area contributed by atoms with Gasteiger partial charge < -0.3 is 10.2 Å². The summed E-state index contributed by atoms with van der Waals surface area (Å²) in [5.74, 6) is 0.206. The van der Waals surface area contributed by atoms with Crippen LogP contribution >= 0.6 is 0 Å². The van der Waals surface area contributed by atoms with Crippen LogP contribution in [0.2, 0.25) is 0 Å². The third-order valence-electron chi connectivity index (χ3n) is 5.48. The molecule has 4 rings (SSSR count). The number of hydrogen-bond donors (Lipinski definition) is 2. The fraction of sp³-hybridized carbons (Fsp3) is 0.250. The van der Waals surface area contributed by atoms with Crippen LogP contribution in [-0.2, 0) is 0 Å². The van der Waals surface area contributed by atoms with Crippen LogP contribution in [0.15, 0.2) is 59.7 Å². The maximum Gasteiger partial charge on any atom is 0.0468 e. The number of hydrogen-bond acceptors (Lipinski definition) is 2. The molecule has 0 fully saturated rings. The van der Waals surface area contributed by atoms with Crippen molar-refractivity contribution < 1.29 is 10.2 Å². The maximum absolute atomic E-state index is 9.56. The minimum Gasteiger partial charge on any atom is -0.396 e. The van der Waals surface area contributed by atoms with Gasteiger partial charge in [-0.25, -0.2) is 0 Å². The zero-order valence-corrected chi connectivity index (χ0v) is 15.1. The molecule has 0 atom stereocenters. The van der Waals surface area contributed by atoms with Crippen LogP contribution in [0.5, 0.6) is 0 Å². The molecule has 0 saturated carbocycles. The Morgan fingerprint density at radius 2 is 1.12 bits per heavy atom. The molecule has 0 amide bonds. The van der Waals surface area contributed by atoms with Gasteiger partial charge >= 0.3 is 0 Å². The van der Waals surface area contributed by atoms with E-state index in [4.69, 9.17) is 0 Å². The average Bonchev–Trinajstić information content (AvgIpc) is 3.19. The second-order valence-corrected chi connectivity index (χ2v) is 7.01. The van der Waals surface area contributed by atoms with E-state index in [1.165, 1.54) is 44.5 Å². The Labute approximate surface area is 155 Å². The van der Waals surface area contributed by atoms with Crippen LogP contribution in [0, 0.1) is 18.8 Å². The highest BCUT2D eigenvalue weighted by Gasteiger charge is 2.32. The Morgan fingerprint density at radius 1 is 0.692 bits per heavy atom. The molecule has 2 aromatic rings. The van der Waals surface area contributed by atoms with E-state index < -0.39 is 0 Å². The van der Waals surface area contributed by atoms with Crippen molar-refractivity contribution >= 4 is 11.1 Å². The third-order valence-corrected chi connectivity index (χ3v) is 5.48. The smallest absolute Gasteiger partial charge is 0.0468 e. The quantitative estimate of drug-likeness (QED) is 0.814. The van der Waals surface area contributed by atoms with Gasteiger partial charge in [0.1, 0.15) is 0 Å². The van der Waals surface area contributed by atoms with E-state index >= 15 is 0 Å². The van der Waals surface area contributed by atoms with E-state index in [1.807, 2.05) is 0 Å². The van der Waals surface area contributed by atoms with Crippen LogP contribution in [0.1, 0.15) is 42.0 Å². The molecular weight excluding hydrogens is 320 g/mol. The van der Waals surface area contributed by atoms with E-state index in [0.29, 0.717) is 12.8 Å². The van der Waals surface area contributed by atoms with E-state index in [2.05, 4.69) is 68.3 Å². The Morgan fingerprint density at radius 3 is 1.54 bits per heavy atom. The van der Waals surface area contributed by atoms with Crippen LogP contribution in [0.3, 0.4) is 0 Å². The average molecular weight is 344 g/mol. The molecule has 2 aliphatic rings. The fourth-order valence-electron chi connectivity index (χ4n) is 4.43. The van der Waals surface area contributed by atoms with E-state index in [1.54, 1.807) is 0 Å². The summed E-state index contributed by atoms with van der Waals surface area (Å²) in [6.45, 7) is 2.56. The Hall–Kier alpha value is -2.16. The Kier molecular flexibility index (Phi) is 4.80.